The van der Waals surface area contributed by atoms with Crippen molar-refractivity contribution in [2.24, 2.45) is 0 Å². The Morgan fingerprint density at radius 1 is 0.152 bits per heavy atom. The largest absolute Gasteiger partial charge is 0.228 e. The van der Waals surface area contributed by atoms with Crippen LogP contribution in [0.3, 0.4) is 0 Å². The Bertz CT molecular complexity index is 8410. The molecule has 21 aromatic carbocycles. The molecular formula is C119H78N6. The number of para-hydroxylation sites is 3. The van der Waals surface area contributed by atoms with Crippen molar-refractivity contribution in [3.63, 3.8) is 0 Å². The van der Waals surface area contributed by atoms with Crippen LogP contribution in [-0.2, 0) is 5.41 Å². The Morgan fingerprint density at radius 3 is 0.872 bits per heavy atom. The predicted octanol–water partition coefficient (Wildman–Crippen LogP) is 31.4. The summed E-state index contributed by atoms with van der Waals surface area (Å²) in [5, 5.41) is 23.2. The van der Waals surface area contributed by atoms with Crippen molar-refractivity contribution < 1.29 is 0 Å². The van der Waals surface area contributed by atoms with Crippen LogP contribution in [0.2, 0.25) is 0 Å². The molecule has 6 heteroatoms. The average Bonchev–Trinajstić information content (AvgIpc) is 1.68. The van der Waals surface area contributed by atoms with Crippen LogP contribution in [0.15, 0.2) is 437 Å². The van der Waals surface area contributed by atoms with Crippen molar-refractivity contribution in [3.8, 4) is 112 Å². The highest BCUT2D eigenvalue weighted by Crippen LogP contribution is 2.50. The first-order chi connectivity index (χ1) is 61.7. The maximum atomic E-state index is 5.22. The van der Waals surface area contributed by atoms with E-state index in [0.717, 1.165) is 101 Å². The first kappa shape index (κ1) is 73.8. The molecule has 1 aliphatic carbocycles. The highest BCUT2D eigenvalue weighted by Gasteiger charge is 2.36. The van der Waals surface area contributed by atoms with E-state index < -0.39 is 0 Å². The van der Waals surface area contributed by atoms with E-state index in [0.29, 0.717) is 0 Å². The molecule has 0 saturated heterocycles. The molecule has 0 radical (unpaired) electrons. The summed E-state index contributed by atoms with van der Waals surface area (Å²) in [6, 6.07) is 155. The van der Waals surface area contributed by atoms with E-state index in [1.165, 1.54) is 142 Å². The first-order valence-corrected chi connectivity index (χ1v) is 42.8. The van der Waals surface area contributed by atoms with Crippen LogP contribution in [0.1, 0.15) is 25.0 Å². The number of nitrogens with zero attached hydrogens (tertiary/aromatic N) is 6. The SMILES string of the molecule is CC1(C)c2ccccc2-c2ccc(-c3nc(-c4ccc(-c5ccc6ccccc6c5)cc4)nc4ccccc34)cc21.c1ccc2cc(-c3ccc(-c4nc(-c5ccc6c(ccc7ccccc76)c5)c5ccccc5n4)cc3)ccc2c1.c1ccc2cc(-c3ccc(-c4nc(-c5ccc6c7ccccc7c7ccccc7c6c5)c5ccccc5n4)cc3)ccc2c1. The van der Waals surface area contributed by atoms with Crippen LogP contribution < -0.4 is 0 Å². The third kappa shape index (κ3) is 13.5. The molecule has 0 atom stereocenters. The Labute approximate surface area is 723 Å². The normalized spacial score (nSPS) is 12.1. The van der Waals surface area contributed by atoms with Gasteiger partial charge in [-0.25, -0.2) is 29.9 Å². The maximum Gasteiger partial charge on any atom is 0.160 e. The molecule has 1 aliphatic rings. The molecule has 24 aromatic rings. The van der Waals surface area contributed by atoms with Crippen molar-refractivity contribution in [1.82, 2.24) is 29.9 Å². The van der Waals surface area contributed by atoms with Crippen molar-refractivity contribution in [2.45, 2.75) is 19.3 Å². The van der Waals surface area contributed by atoms with Crippen LogP contribution in [-0.4, -0.2) is 29.9 Å². The van der Waals surface area contributed by atoms with Gasteiger partial charge in [0.25, 0.3) is 0 Å². The summed E-state index contributed by atoms with van der Waals surface area (Å²) in [7, 11) is 0. The van der Waals surface area contributed by atoms with E-state index >= 15 is 0 Å². The molecule has 0 fully saturated rings. The number of benzene rings is 21. The molecule has 3 heterocycles. The zero-order valence-electron chi connectivity index (χ0n) is 68.8. The van der Waals surface area contributed by atoms with Crippen molar-refractivity contribution >= 4 is 119 Å². The number of hydrogen-bond acceptors (Lipinski definition) is 6. The molecule has 0 spiro atoms. The molecule has 0 saturated carbocycles. The van der Waals surface area contributed by atoms with E-state index in [9.17, 15) is 0 Å². The van der Waals surface area contributed by atoms with Gasteiger partial charge in [-0.3, -0.25) is 0 Å². The second-order valence-electron chi connectivity index (χ2n) is 33.2. The molecule has 0 N–H and O–H groups in total. The molecule has 0 aliphatic heterocycles. The predicted molar refractivity (Wildman–Crippen MR) is 525 cm³/mol. The summed E-state index contributed by atoms with van der Waals surface area (Å²) >= 11 is 0. The lowest BCUT2D eigenvalue weighted by Gasteiger charge is -2.22. The fraction of sp³-hybridized carbons (Fsp3) is 0.0252. The van der Waals surface area contributed by atoms with Gasteiger partial charge in [0.15, 0.2) is 17.5 Å². The van der Waals surface area contributed by atoms with E-state index in [4.69, 9.17) is 29.9 Å². The van der Waals surface area contributed by atoms with Crippen molar-refractivity contribution in [3.05, 3.63) is 448 Å². The molecule has 3 aromatic heterocycles. The van der Waals surface area contributed by atoms with Crippen LogP contribution in [0.5, 0.6) is 0 Å². The lowest BCUT2D eigenvalue weighted by molar-refractivity contribution is 0.660. The third-order valence-electron chi connectivity index (χ3n) is 25.4. The van der Waals surface area contributed by atoms with Gasteiger partial charge >= 0.3 is 0 Å². The standard InChI is InChI=1S/C42H26N2.C39H28N2.C38H24N2/c1-2-10-30-25-31(22-19-27(30)9-1)28-17-20-29(21-18-28)42-43-40-16-8-7-15-38(40)41(44-42)32-23-24-37-35-13-4-3-11-33(35)34-12-5-6-14-36(34)39(37)26-32;1-39(2)34-13-7-5-11-31(34)32-22-21-30(24-35(32)39)37-33-12-6-8-14-36(33)40-38(41-37)27-18-15-26(16-19-27)29-20-17-25-9-3-4-10-28(25)23-29;1-2-9-29-23-30(19-15-25(29)7-1)26-13-17-28(18-14-26)38-39-36-12-6-5-11-35(36)37(40-38)32-21-22-34-31(24-32)20-16-27-8-3-4-10-33(27)34/h1-26H;3-24H,1-2H3;1-24H. The second-order valence-corrected chi connectivity index (χ2v) is 33.2. The quantitative estimate of drug-likeness (QED) is 0.134. The second kappa shape index (κ2) is 30.8. The molecular weight excluding hydrogens is 1510 g/mol. The number of aromatic nitrogens is 6. The van der Waals surface area contributed by atoms with Crippen LogP contribution >= 0.6 is 0 Å². The first-order valence-electron chi connectivity index (χ1n) is 42.8. The summed E-state index contributed by atoms with van der Waals surface area (Å²) in [4.78, 5) is 30.5. The van der Waals surface area contributed by atoms with Gasteiger partial charge in [0.05, 0.1) is 33.6 Å². The molecule has 0 amide bonds. The lowest BCUT2D eigenvalue weighted by Crippen LogP contribution is -2.14. The van der Waals surface area contributed by atoms with Crippen LogP contribution in [0.25, 0.3) is 231 Å². The molecule has 0 bridgehead atoms. The van der Waals surface area contributed by atoms with Gasteiger partial charge in [-0.2, -0.15) is 0 Å². The fourth-order valence-corrected chi connectivity index (χ4v) is 18.9. The summed E-state index contributed by atoms with van der Waals surface area (Å²) in [6.07, 6.45) is 0. The van der Waals surface area contributed by atoms with Gasteiger partial charge in [-0.15, -0.1) is 0 Å². The van der Waals surface area contributed by atoms with Gasteiger partial charge < -0.3 is 0 Å². The van der Waals surface area contributed by atoms with E-state index in [1.807, 2.05) is 18.2 Å². The summed E-state index contributed by atoms with van der Waals surface area (Å²) < 4.78 is 0. The summed E-state index contributed by atoms with van der Waals surface area (Å²) in [5.74, 6) is 2.21. The van der Waals surface area contributed by atoms with Gasteiger partial charge in [0.1, 0.15) is 0 Å². The topological polar surface area (TPSA) is 77.3 Å². The van der Waals surface area contributed by atoms with Gasteiger partial charge in [0, 0.05) is 55.0 Å². The number of rotatable bonds is 9. The highest BCUT2D eigenvalue weighted by atomic mass is 14.9. The summed E-state index contributed by atoms with van der Waals surface area (Å²) in [5.41, 5.74) is 24.5. The van der Waals surface area contributed by atoms with E-state index in [1.54, 1.807) is 0 Å². The zero-order chi connectivity index (χ0) is 83.1. The van der Waals surface area contributed by atoms with Gasteiger partial charge in [0.2, 0.25) is 0 Å². The summed E-state index contributed by atoms with van der Waals surface area (Å²) in [6.45, 7) is 4.64. The molecule has 584 valence electrons. The van der Waals surface area contributed by atoms with Crippen LogP contribution in [0.4, 0.5) is 0 Å². The minimum absolute atomic E-state index is 0.0633. The lowest BCUT2D eigenvalue weighted by atomic mass is 9.82. The fourth-order valence-electron chi connectivity index (χ4n) is 18.9. The van der Waals surface area contributed by atoms with Gasteiger partial charge in [-0.05, 0) is 196 Å². The third-order valence-corrected chi connectivity index (χ3v) is 25.4. The molecule has 6 nitrogen and oxygen atoms in total. The van der Waals surface area contributed by atoms with Crippen molar-refractivity contribution in [1.29, 1.82) is 0 Å². The highest BCUT2D eigenvalue weighted by molar-refractivity contribution is 6.26. The van der Waals surface area contributed by atoms with E-state index in [2.05, 4.69) is 432 Å². The van der Waals surface area contributed by atoms with Crippen molar-refractivity contribution in [2.75, 3.05) is 0 Å². The molecule has 25 rings (SSSR count). The molecule has 125 heavy (non-hydrogen) atoms. The number of fused-ring (bicyclic) bond motifs is 18. The number of hydrogen-bond donors (Lipinski definition) is 0. The zero-order valence-corrected chi connectivity index (χ0v) is 68.8. The smallest absolute Gasteiger partial charge is 0.160 e. The Morgan fingerprint density at radius 2 is 0.424 bits per heavy atom. The maximum absolute atomic E-state index is 5.22. The minimum atomic E-state index is -0.0633. The van der Waals surface area contributed by atoms with Gasteiger partial charge in [-0.1, -0.05) is 396 Å². The van der Waals surface area contributed by atoms with Crippen LogP contribution in [0, 0.1) is 0 Å². The minimum Gasteiger partial charge on any atom is -0.228 e. The Kier molecular flexibility index (Phi) is 18.2. The Balaban J connectivity index is 0.000000108. The van der Waals surface area contributed by atoms with E-state index in [-0.39, 0.29) is 5.41 Å². The average molecular weight is 1590 g/mol. The Hall–Kier alpha value is -16.3. The molecule has 0 unspecified atom stereocenters. The monoisotopic (exact) mass is 1590 g/mol.